The van der Waals surface area contributed by atoms with Crippen molar-refractivity contribution in [3.05, 3.63) is 46.5 Å². The summed E-state index contributed by atoms with van der Waals surface area (Å²) in [6, 6.07) is 7.91. The second-order valence-corrected chi connectivity index (χ2v) is 8.26. The maximum atomic E-state index is 6.22. The number of hydrogen-bond donors (Lipinski definition) is 2. The highest BCUT2D eigenvalue weighted by molar-refractivity contribution is 8.46. The summed E-state index contributed by atoms with van der Waals surface area (Å²) < 4.78 is 3.28. The normalized spacial score (nSPS) is 24.0. The van der Waals surface area contributed by atoms with Crippen molar-refractivity contribution in [1.82, 2.24) is 4.72 Å². The molecule has 2 rings (SSSR count). The lowest BCUT2D eigenvalue weighted by molar-refractivity contribution is 1.14. The molecule has 0 spiro atoms. The van der Waals surface area contributed by atoms with Gasteiger partial charge in [0.25, 0.3) is 0 Å². The van der Waals surface area contributed by atoms with E-state index in [1.165, 1.54) is 0 Å². The molecule has 0 aliphatic carbocycles. The Hall–Kier alpha value is -1.04. The summed E-state index contributed by atoms with van der Waals surface area (Å²) in [6.07, 6.45) is 3.61. The van der Waals surface area contributed by atoms with Crippen molar-refractivity contribution in [3.8, 4) is 0 Å². The Morgan fingerprint density at radius 3 is 2.85 bits per heavy atom. The topological polar surface area (TPSA) is 50.4 Å². The van der Waals surface area contributed by atoms with Crippen molar-refractivity contribution >= 4 is 44.2 Å². The maximum absolute atomic E-state index is 6.22. The maximum Gasteiger partial charge on any atom is 0.173 e. The summed E-state index contributed by atoms with van der Waals surface area (Å²) in [7, 11) is -1.37. The van der Waals surface area contributed by atoms with E-state index in [1.807, 2.05) is 24.4 Å². The number of rotatable bonds is 5. The van der Waals surface area contributed by atoms with Gasteiger partial charge in [0.2, 0.25) is 0 Å². The fourth-order valence-corrected chi connectivity index (χ4v) is 5.65. The van der Waals surface area contributed by atoms with Crippen LogP contribution in [0.15, 0.2) is 40.9 Å². The lowest BCUT2D eigenvalue weighted by Gasteiger charge is -2.36. The van der Waals surface area contributed by atoms with Gasteiger partial charge in [0, 0.05) is 17.0 Å². The zero-order chi connectivity index (χ0) is 14.6. The van der Waals surface area contributed by atoms with Crippen molar-refractivity contribution < 1.29 is 0 Å². The van der Waals surface area contributed by atoms with Gasteiger partial charge in [0.05, 0.1) is 5.04 Å². The van der Waals surface area contributed by atoms with E-state index < -0.39 is 10.2 Å². The number of benzene rings is 1. The van der Waals surface area contributed by atoms with E-state index in [2.05, 4.69) is 28.1 Å². The summed E-state index contributed by atoms with van der Waals surface area (Å²) in [5, 5.41) is 4.38. The van der Waals surface area contributed by atoms with Gasteiger partial charge in [0.15, 0.2) is 5.11 Å². The van der Waals surface area contributed by atoms with Crippen LogP contribution in [-0.2, 0) is 6.42 Å². The van der Waals surface area contributed by atoms with Crippen LogP contribution in [0.1, 0.15) is 18.9 Å². The van der Waals surface area contributed by atoms with Crippen LogP contribution in [0.2, 0.25) is 5.02 Å². The highest BCUT2D eigenvalue weighted by Gasteiger charge is 2.29. The Morgan fingerprint density at radius 1 is 1.45 bits per heavy atom. The molecule has 3 nitrogen and oxygen atoms in total. The summed E-state index contributed by atoms with van der Waals surface area (Å²) in [5.41, 5.74) is 6.84. The quantitative estimate of drug-likeness (QED) is 0.810. The minimum absolute atomic E-state index is 0.326. The summed E-state index contributed by atoms with van der Waals surface area (Å²) >= 11 is 11.3. The van der Waals surface area contributed by atoms with Crippen molar-refractivity contribution in [1.29, 1.82) is 0 Å². The molecule has 0 fully saturated rings. The molecule has 0 saturated carbocycles. The minimum atomic E-state index is -1.37. The van der Waals surface area contributed by atoms with Crippen LogP contribution in [0.5, 0.6) is 0 Å². The van der Waals surface area contributed by atoms with Crippen LogP contribution >= 0.6 is 34.0 Å². The fraction of sp³-hybridized carbons (Fsp3) is 0.286. The fourth-order valence-electron chi connectivity index (χ4n) is 2.22. The Bertz CT molecular complexity index is 571. The first kappa shape index (κ1) is 15.4. The molecule has 1 atom stereocenters. The lowest BCUT2D eigenvalue weighted by Crippen LogP contribution is -2.36. The number of aryl methyl sites for hydroxylation is 1. The third-order valence-corrected chi connectivity index (χ3v) is 7.02. The Labute approximate surface area is 131 Å². The molecule has 0 amide bonds. The van der Waals surface area contributed by atoms with E-state index in [1.54, 1.807) is 0 Å². The largest absolute Gasteiger partial charge is 0.376 e. The first-order chi connectivity index (χ1) is 9.57. The minimum Gasteiger partial charge on any atom is -0.376 e. The molecular weight excluding hydrogens is 310 g/mol. The monoisotopic (exact) mass is 327 g/mol. The van der Waals surface area contributed by atoms with E-state index in [0.717, 1.165) is 34.2 Å². The molecule has 1 unspecified atom stereocenters. The third kappa shape index (κ3) is 3.34. The predicted octanol–water partition coefficient (Wildman–Crippen LogP) is 3.73. The molecule has 0 aromatic heterocycles. The Morgan fingerprint density at radius 2 is 2.20 bits per heavy atom. The number of hydrogen-bond acceptors (Lipinski definition) is 2. The summed E-state index contributed by atoms with van der Waals surface area (Å²) in [5.74, 6) is 0.900. The van der Waals surface area contributed by atoms with Crippen LogP contribution in [-0.4, -0.2) is 15.9 Å². The first-order valence-electron chi connectivity index (χ1n) is 6.42. The average Bonchev–Trinajstić information content (AvgIpc) is 2.80. The van der Waals surface area contributed by atoms with E-state index >= 15 is 0 Å². The molecule has 6 heteroatoms. The van der Waals surface area contributed by atoms with Gasteiger partial charge in [-0.1, -0.05) is 36.7 Å². The molecule has 1 heterocycles. The van der Waals surface area contributed by atoms with Crippen molar-refractivity contribution in [2.75, 3.05) is 5.75 Å². The van der Waals surface area contributed by atoms with Crippen molar-refractivity contribution in [3.63, 3.8) is 0 Å². The van der Waals surface area contributed by atoms with Gasteiger partial charge in [0.1, 0.15) is 0 Å². The molecule has 0 saturated heterocycles. The van der Waals surface area contributed by atoms with Gasteiger partial charge < -0.3 is 10.5 Å². The molecule has 0 bridgehead atoms. The number of nitrogens with one attached hydrogen (secondary N) is 1. The van der Waals surface area contributed by atoms with Gasteiger partial charge in [-0.3, -0.25) is 4.99 Å². The van der Waals surface area contributed by atoms with Gasteiger partial charge >= 0.3 is 0 Å². The smallest absolute Gasteiger partial charge is 0.173 e. The highest BCUT2D eigenvalue weighted by Crippen LogP contribution is 2.51. The predicted molar refractivity (Wildman–Crippen MR) is 94.4 cm³/mol. The number of nitrogens with two attached hydrogens (primary N) is 1. The molecule has 1 aromatic rings. The number of halogens is 1. The lowest BCUT2D eigenvalue weighted by atomic mass is 10.2. The van der Waals surface area contributed by atoms with Gasteiger partial charge in [-0.15, -0.1) is 10.2 Å². The van der Waals surface area contributed by atoms with Crippen LogP contribution < -0.4 is 10.5 Å². The summed E-state index contributed by atoms with van der Waals surface area (Å²) in [4.78, 5) is 4.46. The standard InChI is InChI=1S/C14H18ClN3S2/c1-2-13-17-8-10-20(13,18-14(16)19)9-7-11-5-3-4-6-12(11)15/h3-6,8,10H,2,7,9H2,1H3,(H3,16,18,19). The van der Waals surface area contributed by atoms with Crippen LogP contribution in [0.25, 0.3) is 0 Å². The zero-order valence-corrected chi connectivity index (χ0v) is 13.7. The van der Waals surface area contributed by atoms with Gasteiger partial charge in [-0.2, -0.15) is 0 Å². The van der Waals surface area contributed by atoms with Gasteiger partial charge in [-0.25, -0.2) is 0 Å². The third-order valence-electron chi connectivity index (χ3n) is 3.17. The molecule has 1 aliphatic rings. The molecule has 20 heavy (non-hydrogen) atoms. The van der Waals surface area contributed by atoms with Crippen LogP contribution in [0, 0.1) is 0 Å². The Kier molecular flexibility index (Phi) is 5.07. The first-order valence-corrected chi connectivity index (χ1v) is 9.07. The van der Waals surface area contributed by atoms with E-state index in [-0.39, 0.29) is 0 Å². The summed E-state index contributed by atoms with van der Waals surface area (Å²) in [6.45, 7) is 2.10. The molecule has 108 valence electrons. The molecule has 1 aliphatic heterocycles. The van der Waals surface area contributed by atoms with Crippen molar-refractivity contribution in [2.45, 2.75) is 19.8 Å². The zero-order valence-electron chi connectivity index (χ0n) is 11.3. The second-order valence-electron chi connectivity index (χ2n) is 4.47. The van der Waals surface area contributed by atoms with E-state index in [4.69, 9.17) is 29.6 Å². The molecule has 1 aromatic carbocycles. The van der Waals surface area contributed by atoms with E-state index in [0.29, 0.717) is 5.11 Å². The second kappa shape index (κ2) is 6.61. The molecular formula is C14H18ClN3S2. The SMILES string of the molecule is CCC1=NC=CS1(CCc1ccccc1Cl)NC(N)=S. The highest BCUT2D eigenvalue weighted by atomic mass is 35.5. The Balaban J connectivity index is 2.18. The van der Waals surface area contributed by atoms with Gasteiger partial charge in [-0.05, 0) is 42.1 Å². The number of aliphatic imine (C=N–C) groups is 1. The molecule has 0 radical (unpaired) electrons. The van der Waals surface area contributed by atoms with Crippen molar-refractivity contribution in [2.24, 2.45) is 10.7 Å². The number of thiocarbonyl (C=S) groups is 1. The molecule has 3 N–H and O–H groups in total. The van der Waals surface area contributed by atoms with E-state index in [9.17, 15) is 0 Å². The van der Waals surface area contributed by atoms with Crippen LogP contribution in [0.3, 0.4) is 0 Å². The number of nitrogens with zero attached hydrogens (tertiary/aromatic N) is 1. The average molecular weight is 328 g/mol. The van der Waals surface area contributed by atoms with Crippen LogP contribution in [0.4, 0.5) is 0 Å².